The number of carbonyl (C=O) groups excluding carboxylic acids is 1. The Balaban J connectivity index is 1.70. The monoisotopic (exact) mass is 406 g/mol. The fourth-order valence-corrected chi connectivity index (χ4v) is 3.54. The van der Waals surface area contributed by atoms with Crippen molar-refractivity contribution in [2.24, 2.45) is 11.7 Å². The minimum absolute atomic E-state index is 0.0113. The van der Waals surface area contributed by atoms with Gasteiger partial charge in [0.05, 0.1) is 17.5 Å². The van der Waals surface area contributed by atoms with Crippen molar-refractivity contribution >= 4 is 17.5 Å². The largest absolute Gasteiger partial charge is 0.490 e. The topological polar surface area (TPSA) is 64.8 Å². The molecule has 1 saturated heterocycles. The van der Waals surface area contributed by atoms with Crippen LogP contribution in [-0.4, -0.2) is 30.5 Å². The molecule has 0 unspecified atom stereocenters. The van der Waals surface area contributed by atoms with Gasteiger partial charge in [-0.2, -0.15) is 0 Å². The third-order valence-electron chi connectivity index (χ3n) is 4.82. The number of carbonyl (C=O) groups is 1. The van der Waals surface area contributed by atoms with E-state index in [0.717, 1.165) is 18.5 Å². The highest BCUT2D eigenvalue weighted by Gasteiger charge is 2.26. The Morgan fingerprint density at radius 3 is 2.79 bits per heavy atom. The van der Waals surface area contributed by atoms with Crippen LogP contribution in [0.2, 0.25) is 5.02 Å². The van der Waals surface area contributed by atoms with E-state index in [4.69, 9.17) is 26.8 Å². The smallest absolute Gasteiger partial charge is 0.221 e. The van der Waals surface area contributed by atoms with Crippen molar-refractivity contribution in [1.82, 2.24) is 4.90 Å². The van der Waals surface area contributed by atoms with Crippen LogP contribution in [0.25, 0.3) is 0 Å². The molecule has 1 heterocycles. The summed E-state index contributed by atoms with van der Waals surface area (Å²) in [5.41, 5.74) is 6.76. The Kier molecular flexibility index (Phi) is 6.75. The molecule has 2 aromatic carbocycles. The van der Waals surface area contributed by atoms with E-state index in [2.05, 4.69) is 4.90 Å². The van der Waals surface area contributed by atoms with Crippen LogP contribution in [0.1, 0.15) is 24.5 Å². The summed E-state index contributed by atoms with van der Waals surface area (Å²) < 4.78 is 25.4. The Labute approximate surface area is 169 Å². The van der Waals surface area contributed by atoms with Gasteiger partial charge < -0.3 is 15.2 Å². The molecule has 150 valence electrons. The van der Waals surface area contributed by atoms with Gasteiger partial charge in [-0.25, -0.2) is 4.39 Å². The first-order valence-electron chi connectivity index (χ1n) is 9.31. The molecular weight excluding hydrogens is 383 g/mol. The minimum Gasteiger partial charge on any atom is -0.490 e. The molecule has 0 radical (unpaired) electrons. The molecule has 1 amide bonds. The molecule has 0 aliphatic carbocycles. The number of amides is 1. The Bertz CT molecular complexity index is 826. The van der Waals surface area contributed by atoms with E-state index in [1.807, 2.05) is 25.1 Å². The number of nitrogens with zero attached hydrogens (tertiary/aromatic N) is 1. The molecule has 0 spiro atoms. The van der Waals surface area contributed by atoms with Gasteiger partial charge in [-0.3, -0.25) is 9.69 Å². The van der Waals surface area contributed by atoms with E-state index in [1.54, 1.807) is 12.1 Å². The lowest BCUT2D eigenvalue weighted by molar-refractivity contribution is -0.121. The Morgan fingerprint density at radius 2 is 2.11 bits per heavy atom. The maximum atomic E-state index is 13.9. The Hall–Kier alpha value is -2.31. The number of rotatable bonds is 8. The van der Waals surface area contributed by atoms with Crippen molar-refractivity contribution in [2.45, 2.75) is 26.5 Å². The first-order valence-corrected chi connectivity index (χ1v) is 9.68. The van der Waals surface area contributed by atoms with Crippen molar-refractivity contribution in [2.75, 3.05) is 19.7 Å². The maximum Gasteiger partial charge on any atom is 0.221 e. The molecule has 0 bridgehead atoms. The number of benzene rings is 2. The van der Waals surface area contributed by atoms with Crippen LogP contribution in [0.3, 0.4) is 0 Å². The summed E-state index contributed by atoms with van der Waals surface area (Å²) in [6.45, 7) is 4.58. The normalized spacial score (nSPS) is 16.9. The van der Waals surface area contributed by atoms with Crippen molar-refractivity contribution < 1.29 is 18.7 Å². The van der Waals surface area contributed by atoms with Crippen LogP contribution in [-0.2, 0) is 17.9 Å². The Morgan fingerprint density at radius 1 is 1.29 bits per heavy atom. The van der Waals surface area contributed by atoms with Crippen molar-refractivity contribution in [3.63, 3.8) is 0 Å². The quantitative estimate of drug-likeness (QED) is 0.724. The molecule has 2 N–H and O–H groups in total. The van der Waals surface area contributed by atoms with E-state index < -0.39 is 5.82 Å². The lowest BCUT2D eigenvalue weighted by Gasteiger charge is -2.18. The van der Waals surface area contributed by atoms with Crippen molar-refractivity contribution in [3.05, 3.63) is 58.4 Å². The molecule has 1 aliphatic heterocycles. The fourth-order valence-electron chi connectivity index (χ4n) is 3.33. The van der Waals surface area contributed by atoms with E-state index >= 15 is 0 Å². The lowest BCUT2D eigenvalue weighted by Crippen LogP contribution is -2.27. The van der Waals surface area contributed by atoms with Gasteiger partial charge in [0.15, 0.2) is 11.5 Å². The van der Waals surface area contributed by atoms with Crippen LogP contribution in [0.15, 0.2) is 36.4 Å². The van der Waals surface area contributed by atoms with Crippen molar-refractivity contribution in [3.8, 4) is 11.5 Å². The fraction of sp³-hybridized carbons (Fsp3) is 0.381. The summed E-state index contributed by atoms with van der Waals surface area (Å²) in [4.78, 5) is 13.5. The number of nitrogens with two attached hydrogens (primary N) is 1. The van der Waals surface area contributed by atoms with Gasteiger partial charge in [-0.1, -0.05) is 23.7 Å². The number of likely N-dealkylation sites (tertiary alicyclic amines) is 1. The minimum atomic E-state index is -0.403. The summed E-state index contributed by atoms with van der Waals surface area (Å²) in [6.07, 6.45) is 0.790. The third-order valence-corrected chi connectivity index (χ3v) is 5.18. The van der Waals surface area contributed by atoms with E-state index in [0.29, 0.717) is 41.8 Å². The summed E-state index contributed by atoms with van der Waals surface area (Å²) in [5.74, 6) is 0.395. The third kappa shape index (κ3) is 4.94. The predicted octanol–water partition coefficient (Wildman–Crippen LogP) is 3.76. The average Bonchev–Trinajstić information content (AvgIpc) is 3.12. The summed E-state index contributed by atoms with van der Waals surface area (Å²) in [7, 11) is 0. The molecule has 0 saturated carbocycles. The van der Waals surface area contributed by atoms with Gasteiger partial charge in [0.1, 0.15) is 12.4 Å². The second-order valence-electron chi connectivity index (χ2n) is 6.83. The van der Waals surface area contributed by atoms with Gasteiger partial charge in [-0.05, 0) is 49.7 Å². The molecule has 1 fully saturated rings. The molecule has 3 rings (SSSR count). The van der Waals surface area contributed by atoms with E-state index in [-0.39, 0.29) is 18.4 Å². The molecule has 1 atom stereocenters. The van der Waals surface area contributed by atoms with Gasteiger partial charge >= 0.3 is 0 Å². The zero-order chi connectivity index (χ0) is 20.1. The van der Waals surface area contributed by atoms with E-state index in [1.165, 1.54) is 6.07 Å². The highest BCUT2D eigenvalue weighted by atomic mass is 35.5. The van der Waals surface area contributed by atoms with Gasteiger partial charge in [-0.15, -0.1) is 0 Å². The molecular formula is C21H24ClFN2O3. The molecule has 5 nitrogen and oxygen atoms in total. The van der Waals surface area contributed by atoms with Gasteiger partial charge in [0, 0.05) is 18.7 Å². The molecule has 1 aliphatic rings. The summed E-state index contributed by atoms with van der Waals surface area (Å²) in [5, 5.41) is 0.326. The molecule has 2 aromatic rings. The summed E-state index contributed by atoms with van der Waals surface area (Å²) >= 11 is 6.06. The average molecular weight is 407 g/mol. The number of ether oxygens (including phenoxy) is 2. The zero-order valence-electron chi connectivity index (χ0n) is 15.8. The molecule has 7 heteroatoms. The molecule has 28 heavy (non-hydrogen) atoms. The highest BCUT2D eigenvalue weighted by Crippen LogP contribution is 2.31. The van der Waals surface area contributed by atoms with Gasteiger partial charge in [0.2, 0.25) is 5.91 Å². The number of hydrogen-bond acceptors (Lipinski definition) is 4. The summed E-state index contributed by atoms with van der Waals surface area (Å²) in [6, 6.07) is 10.2. The maximum absolute atomic E-state index is 13.9. The van der Waals surface area contributed by atoms with E-state index in [9.17, 15) is 9.18 Å². The first-order chi connectivity index (χ1) is 13.5. The number of primary amides is 1. The lowest BCUT2D eigenvalue weighted by atomic mass is 10.1. The number of hydrogen-bond donors (Lipinski definition) is 1. The van der Waals surface area contributed by atoms with Crippen LogP contribution < -0.4 is 15.2 Å². The first kappa shape index (κ1) is 20.4. The second kappa shape index (κ2) is 9.26. The van der Waals surface area contributed by atoms with Crippen LogP contribution in [0.4, 0.5) is 4.39 Å². The number of halogens is 2. The van der Waals surface area contributed by atoms with Gasteiger partial charge in [0.25, 0.3) is 0 Å². The van der Waals surface area contributed by atoms with Crippen LogP contribution in [0, 0.1) is 11.7 Å². The molecule has 0 aromatic heterocycles. The van der Waals surface area contributed by atoms with Crippen molar-refractivity contribution in [1.29, 1.82) is 0 Å². The van der Waals surface area contributed by atoms with Crippen LogP contribution in [0.5, 0.6) is 11.5 Å². The zero-order valence-corrected chi connectivity index (χ0v) is 16.5. The SMILES string of the molecule is CCOc1cc(CN2CC[C@@H](C(N)=O)C2)ccc1OCc1c(F)cccc1Cl. The van der Waals surface area contributed by atoms with Crippen LogP contribution >= 0.6 is 11.6 Å². The second-order valence-corrected chi connectivity index (χ2v) is 7.23. The highest BCUT2D eigenvalue weighted by molar-refractivity contribution is 6.31. The standard InChI is InChI=1S/C21H24ClFN2O3/c1-2-27-20-10-14(11-25-9-8-15(12-25)21(24)26)6-7-19(20)28-13-16-17(22)4-3-5-18(16)23/h3-7,10,15H,2,8-9,11-13H2,1H3,(H2,24,26)/t15-/m1/s1. The predicted molar refractivity (Wildman–Crippen MR) is 106 cm³/mol.